The molecule has 0 radical (unpaired) electrons. The van der Waals surface area contributed by atoms with Gasteiger partial charge in [0.15, 0.2) is 5.76 Å². The van der Waals surface area contributed by atoms with E-state index in [4.69, 9.17) is 13.9 Å². The third-order valence-corrected chi connectivity index (χ3v) is 4.63. The van der Waals surface area contributed by atoms with Gasteiger partial charge in [-0.3, -0.25) is 4.79 Å². The number of carbonyl (C=O) groups is 1. The minimum atomic E-state index is -0.109. The van der Waals surface area contributed by atoms with Crippen molar-refractivity contribution in [2.75, 3.05) is 32.9 Å². The average Bonchev–Trinajstić information content (AvgIpc) is 3.08. The fourth-order valence-electron chi connectivity index (χ4n) is 3.58. The van der Waals surface area contributed by atoms with Gasteiger partial charge in [0, 0.05) is 25.1 Å². The van der Waals surface area contributed by atoms with Crippen LogP contribution in [-0.4, -0.2) is 49.8 Å². The molecule has 1 aromatic rings. The molecule has 0 N–H and O–H groups in total. The van der Waals surface area contributed by atoms with Gasteiger partial charge >= 0.3 is 0 Å². The summed E-state index contributed by atoms with van der Waals surface area (Å²) in [6, 6.07) is 3.46. The van der Waals surface area contributed by atoms with Crippen LogP contribution in [0.2, 0.25) is 0 Å². The maximum absolute atomic E-state index is 12.5. The maximum atomic E-state index is 12.5. The van der Waals surface area contributed by atoms with E-state index in [9.17, 15) is 4.79 Å². The topological polar surface area (TPSA) is 51.9 Å². The Morgan fingerprint density at radius 2 is 2.50 bits per heavy atom. The molecule has 0 unspecified atom stereocenters. The van der Waals surface area contributed by atoms with Crippen molar-refractivity contribution in [3.63, 3.8) is 0 Å². The van der Waals surface area contributed by atoms with Crippen molar-refractivity contribution >= 4 is 5.91 Å². The molecule has 0 spiro atoms. The minimum absolute atomic E-state index is 0.0443. The standard InChI is InChI=1S/C17H23NO4/c1-2-9-20-13-17-7-4-11-22-15(17)6-8-18(12-17)16(19)14-5-3-10-21-14/h2-3,5,10,15H,1,4,6-9,11-13H2/t15-,17+/m0/s1. The smallest absolute Gasteiger partial charge is 0.289 e. The Morgan fingerprint density at radius 1 is 1.59 bits per heavy atom. The van der Waals surface area contributed by atoms with E-state index in [1.807, 2.05) is 4.90 Å². The summed E-state index contributed by atoms with van der Waals surface area (Å²) in [7, 11) is 0. The molecule has 3 rings (SSSR count). The van der Waals surface area contributed by atoms with Gasteiger partial charge in [0.1, 0.15) is 0 Å². The number of ether oxygens (including phenoxy) is 2. The largest absolute Gasteiger partial charge is 0.459 e. The van der Waals surface area contributed by atoms with Gasteiger partial charge < -0.3 is 18.8 Å². The molecule has 2 saturated heterocycles. The Labute approximate surface area is 130 Å². The van der Waals surface area contributed by atoms with E-state index in [1.54, 1.807) is 18.2 Å². The summed E-state index contributed by atoms with van der Waals surface area (Å²) in [5, 5.41) is 0. The van der Waals surface area contributed by atoms with E-state index < -0.39 is 0 Å². The number of rotatable bonds is 5. The van der Waals surface area contributed by atoms with E-state index in [0.29, 0.717) is 32.1 Å². The highest BCUT2D eigenvalue weighted by Gasteiger charge is 2.47. The number of fused-ring (bicyclic) bond motifs is 1. The lowest BCUT2D eigenvalue weighted by Crippen LogP contribution is -2.58. The maximum Gasteiger partial charge on any atom is 0.289 e. The molecule has 5 nitrogen and oxygen atoms in total. The van der Waals surface area contributed by atoms with Crippen molar-refractivity contribution in [2.45, 2.75) is 25.4 Å². The lowest BCUT2D eigenvalue weighted by Gasteiger charge is -2.50. The lowest BCUT2D eigenvalue weighted by molar-refractivity contribution is -0.145. The normalized spacial score (nSPS) is 28.2. The third kappa shape index (κ3) is 2.96. The molecule has 1 aromatic heterocycles. The zero-order valence-electron chi connectivity index (χ0n) is 12.8. The number of hydrogen-bond acceptors (Lipinski definition) is 4. The highest BCUT2D eigenvalue weighted by molar-refractivity contribution is 5.91. The van der Waals surface area contributed by atoms with E-state index in [1.165, 1.54) is 6.26 Å². The lowest BCUT2D eigenvalue weighted by atomic mass is 9.73. The first-order valence-corrected chi connectivity index (χ1v) is 7.88. The predicted molar refractivity (Wildman–Crippen MR) is 81.7 cm³/mol. The fraction of sp³-hybridized carbons (Fsp3) is 0.588. The van der Waals surface area contributed by atoms with Crippen LogP contribution >= 0.6 is 0 Å². The van der Waals surface area contributed by atoms with Crippen molar-refractivity contribution in [2.24, 2.45) is 5.41 Å². The Balaban J connectivity index is 1.74. The van der Waals surface area contributed by atoms with Crippen LogP contribution in [0.5, 0.6) is 0 Å². The zero-order chi connectivity index (χ0) is 15.4. The number of hydrogen-bond donors (Lipinski definition) is 0. The molecule has 1 amide bonds. The van der Waals surface area contributed by atoms with Crippen LogP contribution in [0.3, 0.4) is 0 Å². The predicted octanol–water partition coefficient (Wildman–Crippen LogP) is 2.49. The zero-order valence-corrected chi connectivity index (χ0v) is 12.8. The molecule has 2 atom stereocenters. The molecule has 2 fully saturated rings. The van der Waals surface area contributed by atoms with Crippen LogP contribution in [0, 0.1) is 5.41 Å². The monoisotopic (exact) mass is 305 g/mol. The van der Waals surface area contributed by atoms with Gasteiger partial charge in [0.2, 0.25) is 0 Å². The van der Waals surface area contributed by atoms with Crippen LogP contribution in [-0.2, 0) is 9.47 Å². The summed E-state index contributed by atoms with van der Waals surface area (Å²) in [4.78, 5) is 14.4. The second-order valence-electron chi connectivity index (χ2n) is 6.12. The molecule has 5 heteroatoms. The number of likely N-dealkylation sites (tertiary alicyclic amines) is 1. The molecular formula is C17H23NO4. The summed E-state index contributed by atoms with van der Waals surface area (Å²) < 4.78 is 17.0. The molecule has 0 aliphatic carbocycles. The number of nitrogens with zero attached hydrogens (tertiary/aromatic N) is 1. The first-order valence-electron chi connectivity index (χ1n) is 7.88. The summed E-state index contributed by atoms with van der Waals surface area (Å²) in [6.07, 6.45) is 6.35. The quantitative estimate of drug-likeness (QED) is 0.619. The molecule has 0 aromatic carbocycles. The summed E-state index contributed by atoms with van der Waals surface area (Å²) in [6.45, 7) is 6.99. The van der Waals surface area contributed by atoms with Gasteiger partial charge in [-0.15, -0.1) is 6.58 Å². The first-order chi connectivity index (χ1) is 10.7. The summed E-state index contributed by atoms with van der Waals surface area (Å²) in [5.41, 5.74) is -0.109. The Hall–Kier alpha value is -1.59. The van der Waals surface area contributed by atoms with Crippen molar-refractivity contribution in [3.8, 4) is 0 Å². The second kappa shape index (κ2) is 6.67. The second-order valence-corrected chi connectivity index (χ2v) is 6.12. The average molecular weight is 305 g/mol. The summed E-state index contributed by atoms with van der Waals surface area (Å²) in [5.74, 6) is 0.356. The Kier molecular flexibility index (Phi) is 4.64. The van der Waals surface area contributed by atoms with Crippen LogP contribution in [0.4, 0.5) is 0 Å². The highest BCUT2D eigenvalue weighted by Crippen LogP contribution is 2.40. The summed E-state index contributed by atoms with van der Waals surface area (Å²) >= 11 is 0. The number of furan rings is 1. The van der Waals surface area contributed by atoms with Crippen LogP contribution < -0.4 is 0 Å². The van der Waals surface area contributed by atoms with E-state index in [2.05, 4.69) is 6.58 Å². The van der Waals surface area contributed by atoms with Gasteiger partial charge in [0.25, 0.3) is 5.91 Å². The van der Waals surface area contributed by atoms with Gasteiger partial charge in [-0.2, -0.15) is 0 Å². The van der Waals surface area contributed by atoms with Crippen molar-refractivity contribution < 1.29 is 18.7 Å². The third-order valence-electron chi connectivity index (χ3n) is 4.63. The first kappa shape index (κ1) is 15.3. The van der Waals surface area contributed by atoms with Gasteiger partial charge in [-0.05, 0) is 31.4 Å². The Bertz CT molecular complexity index is 513. The molecule has 3 heterocycles. The van der Waals surface area contributed by atoms with Crippen LogP contribution in [0.15, 0.2) is 35.5 Å². The van der Waals surface area contributed by atoms with E-state index >= 15 is 0 Å². The highest BCUT2D eigenvalue weighted by atomic mass is 16.5. The van der Waals surface area contributed by atoms with Crippen molar-refractivity contribution in [3.05, 3.63) is 36.8 Å². The van der Waals surface area contributed by atoms with Crippen LogP contribution in [0.1, 0.15) is 29.8 Å². The molecule has 2 aliphatic heterocycles. The number of carbonyl (C=O) groups excluding carboxylic acids is 1. The SMILES string of the molecule is C=CCOC[C@]12CCCO[C@H]1CCN(C(=O)c1ccco1)C2. The van der Waals surface area contributed by atoms with Gasteiger partial charge in [-0.25, -0.2) is 0 Å². The molecule has 22 heavy (non-hydrogen) atoms. The van der Waals surface area contributed by atoms with Crippen molar-refractivity contribution in [1.82, 2.24) is 4.90 Å². The van der Waals surface area contributed by atoms with Crippen molar-refractivity contribution in [1.29, 1.82) is 0 Å². The molecule has 2 aliphatic rings. The van der Waals surface area contributed by atoms with Gasteiger partial charge in [0.05, 0.1) is 25.6 Å². The van der Waals surface area contributed by atoms with E-state index in [0.717, 1.165) is 25.9 Å². The fourth-order valence-corrected chi connectivity index (χ4v) is 3.58. The molecule has 0 bridgehead atoms. The number of piperidine rings is 1. The van der Waals surface area contributed by atoms with Gasteiger partial charge in [-0.1, -0.05) is 6.08 Å². The molecule has 0 saturated carbocycles. The minimum Gasteiger partial charge on any atom is -0.459 e. The molecular weight excluding hydrogens is 282 g/mol. The molecule has 120 valence electrons. The van der Waals surface area contributed by atoms with Crippen LogP contribution in [0.25, 0.3) is 0 Å². The number of amides is 1. The van der Waals surface area contributed by atoms with E-state index in [-0.39, 0.29) is 17.4 Å². The Morgan fingerprint density at radius 3 is 3.27 bits per heavy atom.